The molecule has 1 heterocycles. The summed E-state index contributed by atoms with van der Waals surface area (Å²) in [5.41, 5.74) is 4.59. The van der Waals surface area contributed by atoms with E-state index in [0.717, 1.165) is 22.3 Å². The predicted molar refractivity (Wildman–Crippen MR) is 89.1 cm³/mol. The summed E-state index contributed by atoms with van der Waals surface area (Å²) in [7, 11) is 0. The van der Waals surface area contributed by atoms with Crippen LogP contribution in [-0.2, 0) is 0 Å². The number of nitriles is 2. The molecule has 110 valence electrons. The molecule has 0 aliphatic carbocycles. The largest absolute Gasteiger partial charge is 0.456 e. The lowest BCUT2D eigenvalue weighted by Gasteiger charge is -2.21. The van der Waals surface area contributed by atoms with E-state index in [-0.39, 0.29) is 5.57 Å². The summed E-state index contributed by atoms with van der Waals surface area (Å²) in [6, 6.07) is 17.7. The van der Waals surface area contributed by atoms with E-state index in [0.29, 0.717) is 17.1 Å². The van der Waals surface area contributed by atoms with Crippen molar-refractivity contribution in [3.05, 3.63) is 76.4 Å². The highest BCUT2D eigenvalue weighted by molar-refractivity contribution is 5.92. The van der Waals surface area contributed by atoms with Crippen molar-refractivity contribution in [1.29, 1.82) is 10.5 Å². The minimum Gasteiger partial charge on any atom is -0.456 e. The quantitative estimate of drug-likeness (QED) is 0.726. The van der Waals surface area contributed by atoms with E-state index < -0.39 is 0 Å². The van der Waals surface area contributed by atoms with Gasteiger partial charge in [-0.15, -0.1) is 0 Å². The molecule has 0 radical (unpaired) electrons. The first-order valence-electron chi connectivity index (χ1n) is 7.24. The van der Waals surface area contributed by atoms with Gasteiger partial charge in [0.2, 0.25) is 0 Å². The molecule has 0 amide bonds. The number of aryl methyl sites for hydroxylation is 2. The van der Waals surface area contributed by atoms with E-state index in [4.69, 9.17) is 4.74 Å². The van der Waals surface area contributed by atoms with Crippen LogP contribution in [0.2, 0.25) is 0 Å². The van der Waals surface area contributed by atoms with Gasteiger partial charge in [-0.25, -0.2) is 0 Å². The van der Waals surface area contributed by atoms with Gasteiger partial charge in [0.25, 0.3) is 0 Å². The molecule has 0 unspecified atom stereocenters. The lowest BCUT2D eigenvalue weighted by Crippen LogP contribution is -2.05. The zero-order valence-corrected chi connectivity index (χ0v) is 12.9. The van der Waals surface area contributed by atoms with Gasteiger partial charge >= 0.3 is 0 Å². The lowest BCUT2D eigenvalue weighted by molar-refractivity contribution is 0.509. The van der Waals surface area contributed by atoms with Gasteiger partial charge in [-0.3, -0.25) is 0 Å². The van der Waals surface area contributed by atoms with Crippen molar-refractivity contribution >= 4 is 11.3 Å². The van der Waals surface area contributed by atoms with E-state index in [1.807, 2.05) is 68.5 Å². The summed E-state index contributed by atoms with van der Waals surface area (Å²) in [4.78, 5) is 0. The molecule has 0 fully saturated rings. The number of fused-ring (bicyclic) bond motifs is 1. The standard InChI is InChI=1S/C20H14N2O/c1-13-3-6-15(7-4-13)20-10-17(16(11-21)12-22)18-9-14(2)5-8-19(18)23-20/h3-10H,1-2H3. The zero-order valence-electron chi connectivity index (χ0n) is 12.9. The fourth-order valence-electron chi connectivity index (χ4n) is 2.51. The van der Waals surface area contributed by atoms with Crippen LogP contribution in [0, 0.1) is 36.5 Å². The van der Waals surface area contributed by atoms with Crippen LogP contribution in [0.1, 0.15) is 22.3 Å². The van der Waals surface area contributed by atoms with Crippen molar-refractivity contribution in [2.24, 2.45) is 0 Å². The van der Waals surface area contributed by atoms with Crippen molar-refractivity contribution in [2.75, 3.05) is 0 Å². The van der Waals surface area contributed by atoms with Crippen LogP contribution in [-0.4, -0.2) is 0 Å². The van der Waals surface area contributed by atoms with Crippen molar-refractivity contribution in [2.45, 2.75) is 13.8 Å². The monoisotopic (exact) mass is 298 g/mol. The maximum atomic E-state index is 9.27. The lowest BCUT2D eigenvalue weighted by atomic mass is 9.94. The molecule has 0 bridgehead atoms. The molecule has 0 spiro atoms. The Morgan fingerprint density at radius 3 is 2.22 bits per heavy atom. The van der Waals surface area contributed by atoms with Crippen molar-refractivity contribution in [3.8, 4) is 17.9 Å². The topological polar surface area (TPSA) is 56.8 Å². The van der Waals surface area contributed by atoms with Gasteiger partial charge in [0.05, 0.1) is 0 Å². The predicted octanol–water partition coefficient (Wildman–Crippen LogP) is 4.54. The number of hydrogen-bond donors (Lipinski definition) is 0. The molecule has 2 aromatic carbocycles. The number of nitrogens with zero attached hydrogens (tertiary/aromatic N) is 2. The summed E-state index contributed by atoms with van der Waals surface area (Å²) >= 11 is 0. The van der Waals surface area contributed by atoms with Gasteiger partial charge in [0.15, 0.2) is 0 Å². The Labute approximate surface area is 135 Å². The first-order chi connectivity index (χ1) is 11.1. The van der Waals surface area contributed by atoms with Gasteiger partial charge in [-0.1, -0.05) is 41.5 Å². The van der Waals surface area contributed by atoms with Crippen LogP contribution in [0.4, 0.5) is 0 Å². The van der Waals surface area contributed by atoms with Crippen LogP contribution >= 0.6 is 0 Å². The second-order valence-corrected chi connectivity index (χ2v) is 5.49. The van der Waals surface area contributed by atoms with Gasteiger partial charge < -0.3 is 4.74 Å². The average Bonchev–Trinajstić information content (AvgIpc) is 2.56. The molecule has 3 nitrogen and oxygen atoms in total. The van der Waals surface area contributed by atoms with Crippen molar-refractivity contribution < 1.29 is 4.74 Å². The van der Waals surface area contributed by atoms with Crippen LogP contribution in [0.15, 0.2) is 54.1 Å². The second-order valence-electron chi connectivity index (χ2n) is 5.49. The second kappa shape index (κ2) is 5.83. The van der Waals surface area contributed by atoms with E-state index in [1.54, 1.807) is 6.08 Å². The maximum Gasteiger partial charge on any atom is 0.137 e. The fourth-order valence-corrected chi connectivity index (χ4v) is 2.51. The van der Waals surface area contributed by atoms with E-state index in [9.17, 15) is 10.5 Å². The molecule has 0 atom stereocenters. The van der Waals surface area contributed by atoms with E-state index >= 15 is 0 Å². The van der Waals surface area contributed by atoms with Gasteiger partial charge in [-0.05, 0) is 32.1 Å². The van der Waals surface area contributed by atoms with Crippen LogP contribution in [0.3, 0.4) is 0 Å². The normalized spacial score (nSPS) is 12.3. The minimum atomic E-state index is 0.0877. The highest BCUT2D eigenvalue weighted by Crippen LogP contribution is 2.38. The van der Waals surface area contributed by atoms with Gasteiger partial charge in [0.1, 0.15) is 29.2 Å². The Kier molecular flexibility index (Phi) is 3.71. The molecule has 23 heavy (non-hydrogen) atoms. The fraction of sp³-hybridized carbons (Fsp3) is 0.100. The smallest absolute Gasteiger partial charge is 0.137 e. The number of rotatable bonds is 1. The molecule has 1 aliphatic rings. The molecule has 3 rings (SSSR count). The number of hydrogen-bond acceptors (Lipinski definition) is 3. The molecule has 0 saturated carbocycles. The molecule has 3 heteroatoms. The zero-order chi connectivity index (χ0) is 16.4. The third-order valence-electron chi connectivity index (χ3n) is 3.75. The Balaban J connectivity index is 2.22. The first kappa shape index (κ1) is 14.6. The summed E-state index contributed by atoms with van der Waals surface area (Å²) in [5.74, 6) is 1.30. The van der Waals surface area contributed by atoms with Gasteiger partial charge in [0, 0.05) is 16.7 Å². The molecule has 0 saturated heterocycles. The molecule has 1 aliphatic heterocycles. The summed E-state index contributed by atoms with van der Waals surface area (Å²) < 4.78 is 5.99. The minimum absolute atomic E-state index is 0.0877. The number of allylic oxidation sites excluding steroid dienone is 3. The molecular weight excluding hydrogens is 284 g/mol. The highest BCUT2D eigenvalue weighted by Gasteiger charge is 2.21. The summed E-state index contributed by atoms with van der Waals surface area (Å²) in [6.07, 6.45) is 1.77. The third-order valence-corrected chi connectivity index (χ3v) is 3.75. The SMILES string of the molecule is Cc1ccc(C2=CC(=C(C#N)C#N)c3cc(C)ccc3O2)cc1. The molecule has 2 aromatic rings. The Morgan fingerprint density at radius 1 is 0.913 bits per heavy atom. The average molecular weight is 298 g/mol. The van der Waals surface area contributed by atoms with Crippen LogP contribution < -0.4 is 4.74 Å². The van der Waals surface area contributed by atoms with Crippen molar-refractivity contribution in [1.82, 2.24) is 0 Å². The van der Waals surface area contributed by atoms with Crippen LogP contribution in [0.5, 0.6) is 5.75 Å². The summed E-state index contributed by atoms with van der Waals surface area (Å²) in [6.45, 7) is 3.99. The Morgan fingerprint density at radius 2 is 1.57 bits per heavy atom. The van der Waals surface area contributed by atoms with E-state index in [2.05, 4.69) is 0 Å². The van der Waals surface area contributed by atoms with E-state index in [1.165, 1.54) is 0 Å². The molecule has 0 aromatic heterocycles. The highest BCUT2D eigenvalue weighted by atomic mass is 16.5. The van der Waals surface area contributed by atoms with Crippen LogP contribution in [0.25, 0.3) is 11.3 Å². The maximum absolute atomic E-state index is 9.27. The Hall–Kier alpha value is -3.30. The Bertz CT molecular complexity index is 904. The van der Waals surface area contributed by atoms with Crippen molar-refractivity contribution in [3.63, 3.8) is 0 Å². The first-order valence-corrected chi connectivity index (χ1v) is 7.24. The number of benzene rings is 2. The molecule has 0 N–H and O–H groups in total. The summed E-state index contributed by atoms with van der Waals surface area (Å²) in [5, 5.41) is 18.5. The van der Waals surface area contributed by atoms with Gasteiger partial charge in [-0.2, -0.15) is 10.5 Å². The number of ether oxygens (including phenoxy) is 1. The third kappa shape index (κ3) is 2.73. The molecular formula is C20H14N2O.